The standard InChI is InChI=1S/C41H47NO5/c1-5-15-44-37-27-11-9-13-29(37)21-33-25-36-26-34(40(33)47-18-8-4)22-30-14-10-12-28(38(30)45-16-6-2)20-32-24-35(41(43)42-36)23-31(19-27)39(32)46-17-7-3/h9-14,23-26H,5-8,15-22H2,1-4H3,(H,42,43). The van der Waals surface area contributed by atoms with E-state index in [9.17, 15) is 4.79 Å². The van der Waals surface area contributed by atoms with Gasteiger partial charge in [0.1, 0.15) is 23.0 Å². The van der Waals surface area contributed by atoms with Gasteiger partial charge in [0, 0.05) is 48.1 Å². The average molecular weight is 634 g/mol. The highest BCUT2D eigenvalue weighted by Gasteiger charge is 2.25. The second-order valence-electron chi connectivity index (χ2n) is 12.6. The Morgan fingerprint density at radius 3 is 1.15 bits per heavy atom. The fourth-order valence-corrected chi connectivity index (χ4v) is 6.65. The number of nitrogens with one attached hydrogen (secondary N) is 1. The Hall–Kier alpha value is -4.45. The monoisotopic (exact) mass is 633 g/mol. The molecule has 6 heteroatoms. The van der Waals surface area contributed by atoms with Crippen LogP contribution in [0.25, 0.3) is 0 Å². The summed E-state index contributed by atoms with van der Waals surface area (Å²) < 4.78 is 26.3. The summed E-state index contributed by atoms with van der Waals surface area (Å²) in [6.07, 6.45) is 5.92. The van der Waals surface area contributed by atoms with Crippen molar-refractivity contribution in [3.05, 3.63) is 111 Å². The van der Waals surface area contributed by atoms with Gasteiger partial charge in [-0.25, -0.2) is 0 Å². The van der Waals surface area contributed by atoms with Gasteiger partial charge in [-0.05, 0) is 83.3 Å². The van der Waals surface area contributed by atoms with E-state index in [1.165, 1.54) is 0 Å². The van der Waals surface area contributed by atoms with Crippen LogP contribution in [-0.2, 0) is 25.7 Å². The summed E-state index contributed by atoms with van der Waals surface area (Å²) in [4.78, 5) is 14.1. The quantitative estimate of drug-likeness (QED) is 0.148. The Labute approximate surface area is 279 Å². The largest absolute Gasteiger partial charge is 0.493 e. The summed E-state index contributed by atoms with van der Waals surface area (Å²) in [7, 11) is 0. The van der Waals surface area contributed by atoms with Crippen molar-refractivity contribution in [3.8, 4) is 23.0 Å². The van der Waals surface area contributed by atoms with E-state index in [4.69, 9.17) is 18.9 Å². The van der Waals surface area contributed by atoms with Crippen LogP contribution in [0.5, 0.6) is 23.0 Å². The molecular weight excluding hydrogens is 586 g/mol. The first-order valence-corrected chi connectivity index (χ1v) is 17.4. The molecule has 2 heterocycles. The molecule has 0 saturated heterocycles. The first kappa shape index (κ1) is 32.5. The van der Waals surface area contributed by atoms with Crippen LogP contribution < -0.4 is 24.3 Å². The van der Waals surface area contributed by atoms with Crippen molar-refractivity contribution >= 4 is 11.6 Å². The van der Waals surface area contributed by atoms with E-state index in [0.717, 1.165) is 98.9 Å². The molecule has 10 bridgehead atoms. The van der Waals surface area contributed by atoms with Crippen molar-refractivity contribution in [3.63, 3.8) is 0 Å². The van der Waals surface area contributed by atoms with Gasteiger partial charge in [-0.15, -0.1) is 0 Å². The molecule has 47 heavy (non-hydrogen) atoms. The number of hydrogen-bond acceptors (Lipinski definition) is 5. The lowest BCUT2D eigenvalue weighted by molar-refractivity contribution is 0.102. The van der Waals surface area contributed by atoms with Gasteiger partial charge in [0.2, 0.25) is 0 Å². The highest BCUT2D eigenvalue weighted by atomic mass is 16.5. The average Bonchev–Trinajstić information content (AvgIpc) is 3.06. The zero-order valence-electron chi connectivity index (χ0n) is 28.3. The second kappa shape index (κ2) is 15.0. The van der Waals surface area contributed by atoms with Gasteiger partial charge in [-0.1, -0.05) is 64.1 Å². The number of hydrogen-bond donors (Lipinski definition) is 1. The van der Waals surface area contributed by atoms with Crippen molar-refractivity contribution in [2.24, 2.45) is 0 Å². The number of ether oxygens (including phenoxy) is 4. The van der Waals surface area contributed by atoms with Crippen molar-refractivity contribution in [1.82, 2.24) is 0 Å². The molecule has 0 saturated carbocycles. The van der Waals surface area contributed by atoms with E-state index >= 15 is 0 Å². The van der Waals surface area contributed by atoms with Gasteiger partial charge in [0.25, 0.3) is 5.91 Å². The van der Waals surface area contributed by atoms with Crippen LogP contribution in [-0.4, -0.2) is 32.3 Å². The Bertz CT molecular complexity index is 1640. The van der Waals surface area contributed by atoms with Crippen LogP contribution in [0.1, 0.15) is 108 Å². The third-order valence-corrected chi connectivity index (χ3v) is 8.69. The van der Waals surface area contributed by atoms with Gasteiger partial charge in [0.05, 0.1) is 26.4 Å². The first-order chi connectivity index (χ1) is 23.0. The second-order valence-corrected chi connectivity index (χ2v) is 12.6. The Morgan fingerprint density at radius 2 is 0.809 bits per heavy atom. The molecule has 0 radical (unpaired) electrons. The highest BCUT2D eigenvalue weighted by molar-refractivity contribution is 6.05. The molecule has 6 rings (SSSR count). The Balaban J connectivity index is 1.69. The van der Waals surface area contributed by atoms with Crippen LogP contribution in [0, 0.1) is 0 Å². The molecular formula is C41H47NO5. The minimum Gasteiger partial charge on any atom is -0.493 e. The van der Waals surface area contributed by atoms with Crippen molar-refractivity contribution in [2.45, 2.75) is 79.1 Å². The SMILES string of the molecule is CCCOc1c2cccc1Cc1cc3cc(c1OCCC)Cc1cccc(c1OCCC)Cc1cc(cc(c1OCCC)C2)NC3=O. The van der Waals surface area contributed by atoms with E-state index in [0.29, 0.717) is 57.7 Å². The first-order valence-electron chi connectivity index (χ1n) is 17.4. The molecule has 1 N–H and O–H groups in total. The summed E-state index contributed by atoms with van der Waals surface area (Å²) in [6.45, 7) is 10.9. The zero-order valence-corrected chi connectivity index (χ0v) is 28.3. The molecule has 0 atom stereocenters. The number of para-hydroxylation sites is 2. The third kappa shape index (κ3) is 7.12. The van der Waals surface area contributed by atoms with Gasteiger partial charge >= 0.3 is 0 Å². The maximum atomic E-state index is 14.1. The number of anilines is 1. The number of amides is 1. The molecule has 4 aromatic rings. The molecule has 0 aromatic heterocycles. The van der Waals surface area contributed by atoms with Crippen molar-refractivity contribution < 1.29 is 23.7 Å². The molecule has 0 aliphatic carbocycles. The van der Waals surface area contributed by atoms with E-state index in [1.807, 2.05) is 12.1 Å². The number of carbonyl (C=O) groups is 1. The van der Waals surface area contributed by atoms with Crippen LogP contribution in [0.3, 0.4) is 0 Å². The number of fused-ring (bicyclic) bond motifs is 9. The number of carbonyl (C=O) groups excluding carboxylic acids is 1. The predicted octanol–water partition coefficient (Wildman–Crippen LogP) is 9.08. The molecule has 0 spiro atoms. The zero-order chi connectivity index (χ0) is 32.8. The normalized spacial score (nSPS) is 13.2. The molecule has 2 aliphatic rings. The number of benzene rings is 4. The molecule has 6 nitrogen and oxygen atoms in total. The van der Waals surface area contributed by atoms with E-state index in [-0.39, 0.29) is 5.91 Å². The molecule has 246 valence electrons. The van der Waals surface area contributed by atoms with Crippen LogP contribution in [0.15, 0.2) is 60.7 Å². The van der Waals surface area contributed by atoms with E-state index in [2.05, 4.69) is 81.5 Å². The molecule has 4 aromatic carbocycles. The van der Waals surface area contributed by atoms with Gasteiger partial charge < -0.3 is 24.3 Å². The third-order valence-electron chi connectivity index (χ3n) is 8.69. The maximum absolute atomic E-state index is 14.1. The molecule has 1 amide bonds. The fraction of sp³-hybridized carbons (Fsp3) is 0.390. The van der Waals surface area contributed by atoms with Crippen molar-refractivity contribution in [1.29, 1.82) is 0 Å². The maximum Gasteiger partial charge on any atom is 0.255 e. The molecule has 0 unspecified atom stereocenters. The van der Waals surface area contributed by atoms with Gasteiger partial charge in [-0.3, -0.25) is 4.79 Å². The van der Waals surface area contributed by atoms with Gasteiger partial charge in [-0.2, -0.15) is 0 Å². The lowest BCUT2D eigenvalue weighted by Crippen LogP contribution is -2.15. The Morgan fingerprint density at radius 1 is 0.489 bits per heavy atom. The number of rotatable bonds is 12. The van der Waals surface area contributed by atoms with Gasteiger partial charge in [0.15, 0.2) is 0 Å². The summed E-state index contributed by atoms with van der Waals surface area (Å²) in [6, 6.07) is 21.0. The summed E-state index contributed by atoms with van der Waals surface area (Å²) >= 11 is 0. The Kier molecular flexibility index (Phi) is 10.4. The predicted molar refractivity (Wildman–Crippen MR) is 188 cm³/mol. The minimum atomic E-state index is -0.143. The fourth-order valence-electron chi connectivity index (χ4n) is 6.65. The summed E-state index contributed by atoms with van der Waals surface area (Å²) in [5.41, 5.74) is 9.68. The summed E-state index contributed by atoms with van der Waals surface area (Å²) in [5, 5.41) is 3.26. The van der Waals surface area contributed by atoms with Crippen LogP contribution >= 0.6 is 0 Å². The van der Waals surface area contributed by atoms with E-state index in [1.54, 1.807) is 0 Å². The van der Waals surface area contributed by atoms with E-state index < -0.39 is 0 Å². The highest BCUT2D eigenvalue weighted by Crippen LogP contribution is 2.41. The summed E-state index contributed by atoms with van der Waals surface area (Å²) in [5.74, 6) is 3.37. The lowest BCUT2D eigenvalue weighted by Gasteiger charge is -2.23. The molecule has 0 fully saturated rings. The van der Waals surface area contributed by atoms with Crippen molar-refractivity contribution in [2.75, 3.05) is 31.7 Å². The topological polar surface area (TPSA) is 66.0 Å². The minimum absolute atomic E-state index is 0.143. The van der Waals surface area contributed by atoms with Crippen LogP contribution in [0.4, 0.5) is 5.69 Å². The smallest absolute Gasteiger partial charge is 0.255 e. The molecule has 2 aliphatic heterocycles. The lowest BCUT2D eigenvalue weighted by atomic mass is 9.90. The van der Waals surface area contributed by atoms with Crippen LogP contribution in [0.2, 0.25) is 0 Å².